The largest absolute Gasteiger partial charge is 0.353 e. The number of aromatic nitrogens is 3. The lowest BCUT2D eigenvalue weighted by atomic mass is 10.0. The SMILES string of the molecule is CCc1cc(N(C)Cc2nc3c(s2)CCCC3)nc(C)n1. The van der Waals surface area contributed by atoms with E-state index in [0.29, 0.717) is 0 Å². The Morgan fingerprint density at radius 1 is 1.19 bits per heavy atom. The van der Waals surface area contributed by atoms with E-state index in [1.54, 1.807) is 0 Å². The third-order valence-corrected chi connectivity index (χ3v) is 5.04. The standard InChI is InChI=1S/C16H22N4S/c1-4-12-9-15(18-11(2)17-12)20(3)10-16-19-13-7-5-6-8-14(13)21-16/h9H,4-8,10H2,1-3H3. The lowest BCUT2D eigenvalue weighted by Crippen LogP contribution is -2.18. The maximum Gasteiger partial charge on any atom is 0.132 e. The summed E-state index contributed by atoms with van der Waals surface area (Å²) in [6.45, 7) is 4.91. The third-order valence-electron chi connectivity index (χ3n) is 3.89. The summed E-state index contributed by atoms with van der Waals surface area (Å²) in [5, 5.41) is 1.21. The van der Waals surface area contributed by atoms with Crippen molar-refractivity contribution in [3.8, 4) is 0 Å². The molecule has 3 rings (SSSR count). The zero-order valence-electron chi connectivity index (χ0n) is 13.0. The van der Waals surface area contributed by atoms with Crippen molar-refractivity contribution >= 4 is 17.2 Å². The number of thiazole rings is 1. The van der Waals surface area contributed by atoms with Crippen LogP contribution in [0.2, 0.25) is 0 Å². The first kappa shape index (κ1) is 14.4. The Morgan fingerprint density at radius 3 is 2.76 bits per heavy atom. The molecule has 0 spiro atoms. The summed E-state index contributed by atoms with van der Waals surface area (Å²) in [4.78, 5) is 17.5. The molecule has 0 aliphatic heterocycles. The molecule has 112 valence electrons. The van der Waals surface area contributed by atoms with Crippen LogP contribution in [0, 0.1) is 6.92 Å². The molecular weight excluding hydrogens is 280 g/mol. The average Bonchev–Trinajstić information content (AvgIpc) is 2.88. The van der Waals surface area contributed by atoms with Gasteiger partial charge in [0.05, 0.1) is 12.2 Å². The van der Waals surface area contributed by atoms with E-state index in [2.05, 4.69) is 34.9 Å². The van der Waals surface area contributed by atoms with Crippen molar-refractivity contribution in [2.24, 2.45) is 0 Å². The van der Waals surface area contributed by atoms with E-state index in [4.69, 9.17) is 4.98 Å². The van der Waals surface area contributed by atoms with E-state index in [9.17, 15) is 0 Å². The normalized spacial score (nSPS) is 14.0. The van der Waals surface area contributed by atoms with Crippen molar-refractivity contribution in [1.82, 2.24) is 15.0 Å². The van der Waals surface area contributed by atoms with Crippen LogP contribution in [0.1, 0.15) is 46.9 Å². The molecule has 0 fully saturated rings. The lowest BCUT2D eigenvalue weighted by Gasteiger charge is -2.17. The summed E-state index contributed by atoms with van der Waals surface area (Å²) in [5.41, 5.74) is 2.44. The minimum absolute atomic E-state index is 0.831. The quantitative estimate of drug-likeness (QED) is 0.869. The highest BCUT2D eigenvalue weighted by Gasteiger charge is 2.16. The summed E-state index contributed by atoms with van der Waals surface area (Å²) < 4.78 is 0. The van der Waals surface area contributed by atoms with Gasteiger partial charge in [0.15, 0.2) is 0 Å². The highest BCUT2D eigenvalue weighted by Crippen LogP contribution is 2.27. The fraction of sp³-hybridized carbons (Fsp3) is 0.562. The van der Waals surface area contributed by atoms with E-state index >= 15 is 0 Å². The molecule has 2 aromatic heterocycles. The van der Waals surface area contributed by atoms with Gasteiger partial charge >= 0.3 is 0 Å². The van der Waals surface area contributed by atoms with Gasteiger partial charge in [-0.25, -0.2) is 15.0 Å². The molecule has 2 heterocycles. The molecule has 1 aliphatic carbocycles. The van der Waals surface area contributed by atoms with Crippen LogP contribution >= 0.6 is 11.3 Å². The van der Waals surface area contributed by atoms with Crippen molar-refractivity contribution in [2.75, 3.05) is 11.9 Å². The van der Waals surface area contributed by atoms with Gasteiger partial charge in [-0.2, -0.15) is 0 Å². The topological polar surface area (TPSA) is 41.9 Å². The summed E-state index contributed by atoms with van der Waals surface area (Å²) >= 11 is 1.88. The Labute approximate surface area is 130 Å². The third kappa shape index (κ3) is 3.23. The number of hydrogen-bond acceptors (Lipinski definition) is 5. The zero-order chi connectivity index (χ0) is 14.8. The molecule has 0 amide bonds. The van der Waals surface area contributed by atoms with Gasteiger partial charge in [0.1, 0.15) is 16.6 Å². The molecule has 2 aromatic rings. The van der Waals surface area contributed by atoms with E-state index in [1.165, 1.54) is 34.8 Å². The van der Waals surface area contributed by atoms with Gasteiger partial charge in [-0.15, -0.1) is 11.3 Å². The van der Waals surface area contributed by atoms with Crippen LogP contribution in [0.25, 0.3) is 0 Å². The van der Waals surface area contributed by atoms with Gasteiger partial charge < -0.3 is 4.90 Å². The van der Waals surface area contributed by atoms with Crippen molar-refractivity contribution in [3.05, 3.63) is 33.2 Å². The van der Waals surface area contributed by atoms with Crippen molar-refractivity contribution in [2.45, 2.75) is 52.5 Å². The van der Waals surface area contributed by atoms with Crippen LogP contribution in [-0.4, -0.2) is 22.0 Å². The first-order valence-electron chi connectivity index (χ1n) is 7.69. The minimum Gasteiger partial charge on any atom is -0.353 e. The van der Waals surface area contributed by atoms with Crippen LogP contribution < -0.4 is 4.90 Å². The number of hydrogen-bond donors (Lipinski definition) is 0. The van der Waals surface area contributed by atoms with Gasteiger partial charge in [0, 0.05) is 23.7 Å². The summed E-state index contributed by atoms with van der Waals surface area (Å²) in [6.07, 6.45) is 5.91. The maximum absolute atomic E-state index is 4.81. The van der Waals surface area contributed by atoms with Crippen LogP contribution in [0.4, 0.5) is 5.82 Å². The van der Waals surface area contributed by atoms with Crippen LogP contribution in [0.15, 0.2) is 6.07 Å². The number of rotatable bonds is 4. The molecule has 0 unspecified atom stereocenters. The second-order valence-electron chi connectivity index (χ2n) is 5.66. The smallest absolute Gasteiger partial charge is 0.132 e. The van der Waals surface area contributed by atoms with Gasteiger partial charge in [-0.1, -0.05) is 6.92 Å². The molecule has 0 saturated carbocycles. The molecule has 0 N–H and O–H groups in total. The highest BCUT2D eigenvalue weighted by atomic mass is 32.1. The van der Waals surface area contributed by atoms with E-state index in [-0.39, 0.29) is 0 Å². The van der Waals surface area contributed by atoms with Crippen molar-refractivity contribution in [3.63, 3.8) is 0 Å². The second kappa shape index (κ2) is 6.10. The van der Waals surface area contributed by atoms with Crippen LogP contribution in [0.3, 0.4) is 0 Å². The summed E-state index contributed by atoms with van der Waals surface area (Å²) in [7, 11) is 2.08. The van der Waals surface area contributed by atoms with Crippen molar-refractivity contribution in [1.29, 1.82) is 0 Å². The fourth-order valence-electron chi connectivity index (χ4n) is 2.75. The van der Waals surface area contributed by atoms with Gasteiger partial charge in [0.2, 0.25) is 0 Å². The molecule has 0 saturated heterocycles. The predicted octanol–water partition coefficient (Wildman–Crippen LogP) is 3.32. The van der Waals surface area contributed by atoms with Crippen LogP contribution in [-0.2, 0) is 25.8 Å². The summed E-state index contributed by atoms with van der Waals surface area (Å²) in [6, 6.07) is 2.08. The Morgan fingerprint density at radius 2 is 2.00 bits per heavy atom. The number of fused-ring (bicyclic) bond motifs is 1. The fourth-order valence-corrected chi connectivity index (χ4v) is 3.96. The van der Waals surface area contributed by atoms with E-state index in [1.807, 2.05) is 18.3 Å². The van der Waals surface area contributed by atoms with Crippen molar-refractivity contribution < 1.29 is 0 Å². The number of anilines is 1. The Kier molecular flexibility index (Phi) is 4.19. The Balaban J connectivity index is 1.78. The monoisotopic (exact) mass is 302 g/mol. The van der Waals surface area contributed by atoms with Gasteiger partial charge in [-0.05, 0) is 39.0 Å². The Bertz CT molecular complexity index is 612. The molecule has 4 nitrogen and oxygen atoms in total. The minimum atomic E-state index is 0.831. The Hall–Kier alpha value is -1.49. The molecule has 0 atom stereocenters. The molecule has 21 heavy (non-hydrogen) atoms. The molecule has 0 bridgehead atoms. The first-order chi connectivity index (χ1) is 10.2. The first-order valence-corrected chi connectivity index (χ1v) is 8.50. The second-order valence-corrected chi connectivity index (χ2v) is 6.83. The molecule has 0 radical (unpaired) electrons. The molecule has 0 aromatic carbocycles. The predicted molar refractivity (Wildman–Crippen MR) is 87.0 cm³/mol. The number of nitrogens with zero attached hydrogens (tertiary/aromatic N) is 4. The van der Waals surface area contributed by atoms with E-state index < -0.39 is 0 Å². The zero-order valence-corrected chi connectivity index (χ0v) is 13.8. The van der Waals surface area contributed by atoms with Gasteiger partial charge in [-0.3, -0.25) is 0 Å². The maximum atomic E-state index is 4.81. The average molecular weight is 302 g/mol. The number of aryl methyl sites for hydroxylation is 4. The molecule has 5 heteroatoms. The summed E-state index contributed by atoms with van der Waals surface area (Å²) in [5.74, 6) is 1.84. The lowest BCUT2D eigenvalue weighted by molar-refractivity contribution is 0.680. The van der Waals surface area contributed by atoms with E-state index in [0.717, 1.165) is 36.7 Å². The van der Waals surface area contributed by atoms with Crippen LogP contribution in [0.5, 0.6) is 0 Å². The van der Waals surface area contributed by atoms with Gasteiger partial charge in [0.25, 0.3) is 0 Å². The highest BCUT2D eigenvalue weighted by molar-refractivity contribution is 7.11. The molecular formula is C16H22N4S. The molecule has 1 aliphatic rings.